The molecule has 0 fully saturated rings. The Labute approximate surface area is 184 Å². The van der Waals surface area contributed by atoms with Crippen LogP contribution in [-0.2, 0) is 4.79 Å². The van der Waals surface area contributed by atoms with Gasteiger partial charge in [-0.15, -0.1) is 0 Å². The van der Waals surface area contributed by atoms with Crippen LogP contribution in [0.1, 0.15) is 48.4 Å². The molecule has 2 aromatic carbocycles. The molecule has 0 atom stereocenters. The number of carboxylic acids is 1. The first-order chi connectivity index (χ1) is 15.2. The maximum atomic E-state index is 13.2. The van der Waals surface area contributed by atoms with Crippen molar-refractivity contribution in [1.29, 1.82) is 0 Å². The Balaban J connectivity index is 1.63. The number of carbonyl (C=O) groups excluding carboxylic acids is 1. The molecule has 1 amide bonds. The van der Waals surface area contributed by atoms with Gasteiger partial charge < -0.3 is 9.52 Å². The summed E-state index contributed by atoms with van der Waals surface area (Å²) in [6.45, 7) is 5.59. The van der Waals surface area contributed by atoms with Crippen molar-refractivity contribution in [2.24, 2.45) is 5.10 Å². The van der Waals surface area contributed by atoms with Gasteiger partial charge in [0.05, 0.1) is 22.5 Å². The number of hydrogen-bond acceptors (Lipinski definition) is 4. The first kappa shape index (κ1) is 21.2. The van der Waals surface area contributed by atoms with E-state index in [2.05, 4.69) is 5.10 Å². The Bertz CT molecular complexity index is 1270. The molecule has 1 N–H and O–H groups in total. The van der Waals surface area contributed by atoms with Gasteiger partial charge in [0.15, 0.2) is 0 Å². The van der Waals surface area contributed by atoms with E-state index >= 15 is 0 Å². The molecule has 162 valence electrons. The van der Waals surface area contributed by atoms with Gasteiger partial charge in [-0.05, 0) is 73.0 Å². The van der Waals surface area contributed by atoms with Gasteiger partial charge in [-0.3, -0.25) is 4.79 Å². The van der Waals surface area contributed by atoms with E-state index in [1.54, 1.807) is 37.3 Å². The number of nitrogens with zero attached hydrogens (tertiary/aromatic N) is 2. The highest BCUT2D eigenvalue weighted by molar-refractivity contribution is 6.32. The highest BCUT2D eigenvalue weighted by Gasteiger charge is 2.29. The molecule has 1 aliphatic heterocycles. The standard InChI is InChI=1S/C25H21FN2O4/c1-14(2)21-12-16(4-10-20(21)25(30)31)23-11-9-19(32-23)13-22-15(3)27-28(24(22)29)18-7-5-17(26)6-8-18/h4-14H,1-3H3,(H,30,31)/b22-13+. The molecular weight excluding hydrogens is 411 g/mol. The number of amides is 1. The van der Waals surface area contributed by atoms with Gasteiger partial charge in [0.1, 0.15) is 17.3 Å². The van der Waals surface area contributed by atoms with Crippen LogP contribution in [-0.4, -0.2) is 22.7 Å². The summed E-state index contributed by atoms with van der Waals surface area (Å²) in [6, 6.07) is 14.1. The Kier molecular flexibility index (Phi) is 5.48. The molecule has 0 saturated heterocycles. The quantitative estimate of drug-likeness (QED) is 0.523. The van der Waals surface area contributed by atoms with E-state index in [0.29, 0.717) is 28.5 Å². The summed E-state index contributed by atoms with van der Waals surface area (Å²) in [5, 5.41) is 14.9. The van der Waals surface area contributed by atoms with Crippen molar-refractivity contribution in [2.75, 3.05) is 5.01 Å². The lowest BCUT2D eigenvalue weighted by Crippen LogP contribution is -2.21. The minimum atomic E-state index is -0.967. The molecule has 0 unspecified atom stereocenters. The molecule has 7 heteroatoms. The zero-order valence-corrected chi connectivity index (χ0v) is 17.8. The highest BCUT2D eigenvalue weighted by atomic mass is 19.1. The van der Waals surface area contributed by atoms with Crippen LogP contribution in [0.2, 0.25) is 0 Å². The number of halogens is 1. The summed E-state index contributed by atoms with van der Waals surface area (Å²) in [5.74, 6) is -0.634. The maximum absolute atomic E-state index is 13.2. The van der Waals surface area contributed by atoms with Gasteiger partial charge in [0, 0.05) is 5.56 Å². The normalized spacial score (nSPS) is 15.0. The SMILES string of the molecule is CC1=NN(c2ccc(F)cc2)C(=O)/C1=C/c1ccc(-c2ccc(C(=O)O)c(C(C)C)c2)o1. The van der Waals surface area contributed by atoms with E-state index in [-0.39, 0.29) is 17.4 Å². The second-order valence-electron chi connectivity index (χ2n) is 7.80. The molecule has 0 spiro atoms. The molecule has 1 aromatic heterocycles. The van der Waals surface area contributed by atoms with Crippen molar-refractivity contribution in [1.82, 2.24) is 0 Å². The van der Waals surface area contributed by atoms with Crippen LogP contribution in [0.3, 0.4) is 0 Å². The minimum Gasteiger partial charge on any atom is -0.478 e. The van der Waals surface area contributed by atoms with Gasteiger partial charge in [0.25, 0.3) is 5.91 Å². The summed E-state index contributed by atoms with van der Waals surface area (Å²) in [7, 11) is 0. The van der Waals surface area contributed by atoms with Crippen molar-refractivity contribution < 1.29 is 23.5 Å². The third-order valence-corrected chi connectivity index (χ3v) is 5.24. The molecule has 2 heterocycles. The molecule has 1 aliphatic rings. The van der Waals surface area contributed by atoms with Gasteiger partial charge in [-0.2, -0.15) is 10.1 Å². The summed E-state index contributed by atoms with van der Waals surface area (Å²) in [5.41, 5.74) is 3.10. The Morgan fingerprint density at radius 2 is 1.84 bits per heavy atom. The van der Waals surface area contributed by atoms with Crippen molar-refractivity contribution in [2.45, 2.75) is 26.7 Å². The second kappa shape index (κ2) is 8.26. The van der Waals surface area contributed by atoms with Crippen molar-refractivity contribution in [3.63, 3.8) is 0 Å². The summed E-state index contributed by atoms with van der Waals surface area (Å²) in [6.07, 6.45) is 1.61. The molecule has 6 nitrogen and oxygen atoms in total. The average Bonchev–Trinajstić information content (AvgIpc) is 3.34. The number of hydrazone groups is 1. The molecule has 0 saturated carbocycles. The van der Waals surface area contributed by atoms with Crippen molar-refractivity contribution in [3.8, 4) is 11.3 Å². The predicted octanol–water partition coefficient (Wildman–Crippen LogP) is 5.71. The van der Waals surface area contributed by atoms with E-state index in [1.165, 1.54) is 29.3 Å². The molecule has 0 aliphatic carbocycles. The Morgan fingerprint density at radius 1 is 1.12 bits per heavy atom. The molecular formula is C25H21FN2O4. The van der Waals surface area contributed by atoms with Crippen LogP contribution in [0.5, 0.6) is 0 Å². The Hall–Kier alpha value is -4.00. The van der Waals surface area contributed by atoms with Crippen LogP contribution in [0, 0.1) is 5.82 Å². The van der Waals surface area contributed by atoms with Crippen LogP contribution in [0.25, 0.3) is 17.4 Å². The third kappa shape index (κ3) is 3.97. The average molecular weight is 432 g/mol. The lowest BCUT2D eigenvalue weighted by atomic mass is 9.94. The summed E-state index contributed by atoms with van der Waals surface area (Å²) in [4.78, 5) is 24.3. The number of carbonyl (C=O) groups is 2. The van der Waals surface area contributed by atoms with Crippen LogP contribution < -0.4 is 5.01 Å². The molecule has 3 aromatic rings. The van der Waals surface area contributed by atoms with E-state index in [1.807, 2.05) is 19.9 Å². The summed E-state index contributed by atoms with van der Waals surface area (Å²) < 4.78 is 19.1. The molecule has 32 heavy (non-hydrogen) atoms. The van der Waals surface area contributed by atoms with Crippen LogP contribution >= 0.6 is 0 Å². The Morgan fingerprint density at radius 3 is 2.50 bits per heavy atom. The first-order valence-corrected chi connectivity index (χ1v) is 10.1. The zero-order chi connectivity index (χ0) is 23.0. The lowest BCUT2D eigenvalue weighted by Gasteiger charge is -2.11. The summed E-state index contributed by atoms with van der Waals surface area (Å²) >= 11 is 0. The number of furan rings is 1. The fourth-order valence-electron chi connectivity index (χ4n) is 3.56. The smallest absolute Gasteiger partial charge is 0.335 e. The van der Waals surface area contributed by atoms with E-state index in [4.69, 9.17) is 4.42 Å². The number of rotatable bonds is 5. The van der Waals surface area contributed by atoms with Crippen molar-refractivity contribution >= 4 is 29.4 Å². The largest absolute Gasteiger partial charge is 0.478 e. The maximum Gasteiger partial charge on any atom is 0.335 e. The molecule has 4 rings (SSSR count). The number of anilines is 1. The van der Waals surface area contributed by atoms with Gasteiger partial charge in [-0.25, -0.2) is 9.18 Å². The number of benzene rings is 2. The topological polar surface area (TPSA) is 83.1 Å². The molecule has 0 bridgehead atoms. The van der Waals surface area contributed by atoms with Gasteiger partial charge in [0.2, 0.25) is 0 Å². The van der Waals surface area contributed by atoms with Crippen molar-refractivity contribution in [3.05, 3.63) is 82.9 Å². The highest BCUT2D eigenvalue weighted by Crippen LogP contribution is 2.30. The first-order valence-electron chi connectivity index (χ1n) is 10.1. The van der Waals surface area contributed by atoms with Crippen LogP contribution in [0.4, 0.5) is 10.1 Å². The molecule has 0 radical (unpaired) electrons. The van der Waals surface area contributed by atoms with E-state index < -0.39 is 11.8 Å². The number of carboxylic acid groups (broad SMARTS) is 1. The van der Waals surface area contributed by atoms with Crippen LogP contribution in [0.15, 0.2) is 69.7 Å². The van der Waals surface area contributed by atoms with Gasteiger partial charge in [-0.1, -0.05) is 19.9 Å². The minimum absolute atomic E-state index is 0.0324. The van der Waals surface area contributed by atoms with Gasteiger partial charge >= 0.3 is 5.97 Å². The van der Waals surface area contributed by atoms with E-state index in [9.17, 15) is 19.1 Å². The number of hydrogen-bond donors (Lipinski definition) is 1. The fourth-order valence-corrected chi connectivity index (χ4v) is 3.56. The fraction of sp³-hybridized carbons (Fsp3) is 0.160. The monoisotopic (exact) mass is 432 g/mol. The second-order valence-corrected chi connectivity index (χ2v) is 7.80. The third-order valence-electron chi connectivity index (χ3n) is 5.24. The number of aromatic carboxylic acids is 1. The zero-order valence-electron chi connectivity index (χ0n) is 17.8. The lowest BCUT2D eigenvalue weighted by molar-refractivity contribution is -0.114. The predicted molar refractivity (Wildman–Crippen MR) is 120 cm³/mol. The van der Waals surface area contributed by atoms with E-state index in [0.717, 1.165) is 11.1 Å².